The Labute approximate surface area is 226 Å². The molecule has 0 aliphatic heterocycles. The minimum absolute atomic E-state index is 0.0872. The van der Waals surface area contributed by atoms with Gasteiger partial charge in [-0.3, -0.25) is 10.1 Å². The predicted molar refractivity (Wildman–Crippen MR) is 145 cm³/mol. The molecule has 37 heavy (non-hydrogen) atoms. The van der Waals surface area contributed by atoms with E-state index in [1.807, 2.05) is 42.5 Å². The van der Waals surface area contributed by atoms with Crippen LogP contribution in [0.2, 0.25) is 10.0 Å². The normalized spacial score (nSPS) is 11.8. The van der Waals surface area contributed by atoms with Crippen LogP contribution in [0.1, 0.15) is 36.7 Å². The summed E-state index contributed by atoms with van der Waals surface area (Å²) < 4.78 is 10.3. The van der Waals surface area contributed by atoms with Crippen LogP contribution in [0.25, 0.3) is 11.1 Å². The van der Waals surface area contributed by atoms with Gasteiger partial charge in [-0.2, -0.15) is 0 Å². The van der Waals surface area contributed by atoms with Crippen LogP contribution in [-0.4, -0.2) is 36.7 Å². The summed E-state index contributed by atoms with van der Waals surface area (Å²) in [4.78, 5) is 37.5. The van der Waals surface area contributed by atoms with Gasteiger partial charge in [0.05, 0.1) is 28.4 Å². The maximum Gasteiger partial charge on any atom is 0.412 e. The Bertz CT molecular complexity index is 1270. The zero-order valence-corrected chi connectivity index (χ0v) is 22.4. The van der Waals surface area contributed by atoms with Gasteiger partial charge in [0.1, 0.15) is 11.6 Å². The van der Waals surface area contributed by atoms with E-state index >= 15 is 0 Å². The van der Waals surface area contributed by atoms with Crippen LogP contribution in [0, 0.1) is 0 Å². The zero-order chi connectivity index (χ0) is 27.2. The van der Waals surface area contributed by atoms with E-state index in [0.717, 1.165) is 16.7 Å². The Morgan fingerprint density at radius 3 is 2.11 bits per heavy atom. The van der Waals surface area contributed by atoms with E-state index in [1.54, 1.807) is 45.0 Å². The molecule has 0 spiro atoms. The van der Waals surface area contributed by atoms with Crippen molar-refractivity contribution < 1.29 is 23.9 Å². The summed E-state index contributed by atoms with van der Waals surface area (Å²) in [5, 5.41) is 5.81. The molecule has 0 aliphatic carbocycles. The van der Waals surface area contributed by atoms with Gasteiger partial charge in [0.25, 0.3) is 5.91 Å². The second kappa shape index (κ2) is 12.1. The van der Waals surface area contributed by atoms with Crippen molar-refractivity contribution in [3.05, 3.63) is 87.9 Å². The summed E-state index contributed by atoms with van der Waals surface area (Å²) in [6, 6.07) is 18.5. The fourth-order valence-corrected chi connectivity index (χ4v) is 4.16. The summed E-state index contributed by atoms with van der Waals surface area (Å²) in [5.74, 6) is -1.18. The van der Waals surface area contributed by atoms with Crippen molar-refractivity contribution in [2.75, 3.05) is 12.4 Å². The number of hydrogen-bond acceptors (Lipinski definition) is 5. The number of methoxy groups -OCH3 is 1. The number of hydrogen-bond donors (Lipinski definition) is 2. The zero-order valence-electron chi connectivity index (χ0n) is 20.9. The molecule has 3 aromatic carbocycles. The molecular formula is C28H28Cl2N2O5. The molecule has 0 saturated carbocycles. The highest BCUT2D eigenvalue weighted by Gasteiger charge is 2.25. The molecule has 3 aromatic rings. The standard InChI is InChI=1S/C28H28Cl2N2O5/c1-28(2,3)37-27(35)32-22-11-6-5-8-19(22)18-14-12-17(13-15-18)16-23(26(34)36-4)31-25(33)24-20(29)9-7-10-21(24)30/h5-15,23H,16H2,1-4H3,(H,31,33)(H,32,35)/t23-/m0/s1. The van der Waals surface area contributed by atoms with Gasteiger partial charge in [0, 0.05) is 12.0 Å². The molecule has 3 rings (SSSR count). The predicted octanol–water partition coefficient (Wildman–Crippen LogP) is 6.52. The van der Waals surface area contributed by atoms with Gasteiger partial charge in [0.15, 0.2) is 0 Å². The molecule has 0 fully saturated rings. The van der Waals surface area contributed by atoms with Crippen LogP contribution >= 0.6 is 23.2 Å². The van der Waals surface area contributed by atoms with E-state index in [-0.39, 0.29) is 22.0 Å². The van der Waals surface area contributed by atoms with Crippen molar-refractivity contribution in [1.29, 1.82) is 0 Å². The number of rotatable bonds is 7. The average molecular weight is 543 g/mol. The van der Waals surface area contributed by atoms with Crippen molar-refractivity contribution in [2.24, 2.45) is 0 Å². The number of esters is 1. The van der Waals surface area contributed by atoms with Crippen molar-refractivity contribution in [3.8, 4) is 11.1 Å². The van der Waals surface area contributed by atoms with Crippen molar-refractivity contribution in [2.45, 2.75) is 38.8 Å². The first-order valence-electron chi connectivity index (χ1n) is 11.5. The van der Waals surface area contributed by atoms with Crippen LogP contribution in [-0.2, 0) is 20.7 Å². The molecule has 9 heteroatoms. The molecule has 1 atom stereocenters. The highest BCUT2D eigenvalue weighted by Crippen LogP contribution is 2.29. The van der Waals surface area contributed by atoms with Crippen LogP contribution < -0.4 is 10.6 Å². The molecule has 0 aromatic heterocycles. The number of amides is 2. The molecule has 194 valence electrons. The van der Waals surface area contributed by atoms with Gasteiger partial charge in [-0.15, -0.1) is 0 Å². The largest absolute Gasteiger partial charge is 0.467 e. The summed E-state index contributed by atoms with van der Waals surface area (Å²) >= 11 is 12.3. The molecule has 0 aliphatic rings. The monoisotopic (exact) mass is 542 g/mol. The van der Waals surface area contributed by atoms with Gasteiger partial charge in [-0.25, -0.2) is 9.59 Å². The third-order valence-corrected chi connectivity index (χ3v) is 5.88. The Morgan fingerprint density at radius 1 is 0.892 bits per heavy atom. The number of para-hydroxylation sites is 1. The van der Waals surface area contributed by atoms with Crippen LogP contribution in [0.3, 0.4) is 0 Å². The van der Waals surface area contributed by atoms with E-state index in [1.165, 1.54) is 7.11 Å². The quantitative estimate of drug-likeness (QED) is 0.331. The lowest BCUT2D eigenvalue weighted by Gasteiger charge is -2.20. The van der Waals surface area contributed by atoms with E-state index < -0.39 is 29.6 Å². The smallest absolute Gasteiger partial charge is 0.412 e. The molecule has 0 bridgehead atoms. The molecule has 0 radical (unpaired) electrons. The summed E-state index contributed by atoms with van der Waals surface area (Å²) in [6.07, 6.45) is -0.370. The molecule has 0 unspecified atom stereocenters. The van der Waals surface area contributed by atoms with Gasteiger partial charge < -0.3 is 14.8 Å². The topological polar surface area (TPSA) is 93.7 Å². The summed E-state index contributed by atoms with van der Waals surface area (Å²) in [5.41, 5.74) is 2.49. The number of ether oxygens (including phenoxy) is 2. The highest BCUT2D eigenvalue weighted by atomic mass is 35.5. The maximum absolute atomic E-state index is 12.8. The Kier molecular flexibility index (Phi) is 9.18. The third-order valence-electron chi connectivity index (χ3n) is 5.25. The Morgan fingerprint density at radius 2 is 1.51 bits per heavy atom. The van der Waals surface area contributed by atoms with E-state index in [2.05, 4.69) is 10.6 Å². The molecule has 0 heterocycles. The molecule has 7 nitrogen and oxygen atoms in total. The molecule has 0 saturated heterocycles. The lowest BCUT2D eigenvalue weighted by molar-refractivity contribution is -0.142. The van der Waals surface area contributed by atoms with E-state index in [9.17, 15) is 14.4 Å². The highest BCUT2D eigenvalue weighted by molar-refractivity contribution is 6.39. The Hall–Kier alpha value is -3.55. The van der Waals surface area contributed by atoms with E-state index in [0.29, 0.717) is 5.69 Å². The number of carbonyl (C=O) groups excluding carboxylic acids is 3. The Balaban J connectivity index is 1.78. The minimum atomic E-state index is -0.961. The lowest BCUT2D eigenvalue weighted by atomic mass is 9.99. The second-order valence-electron chi connectivity index (χ2n) is 9.22. The lowest BCUT2D eigenvalue weighted by Crippen LogP contribution is -2.43. The van der Waals surface area contributed by atoms with E-state index in [4.69, 9.17) is 32.7 Å². The maximum atomic E-state index is 12.8. The summed E-state index contributed by atoms with van der Waals surface area (Å²) in [6.45, 7) is 5.39. The SMILES string of the molecule is COC(=O)[C@H](Cc1ccc(-c2ccccc2NC(=O)OC(C)(C)C)cc1)NC(=O)c1c(Cl)cccc1Cl. The number of carbonyl (C=O) groups is 3. The second-order valence-corrected chi connectivity index (χ2v) is 10.0. The van der Waals surface area contributed by atoms with Crippen molar-refractivity contribution in [1.82, 2.24) is 5.32 Å². The molecular weight excluding hydrogens is 515 g/mol. The number of anilines is 1. The molecule has 2 amide bonds. The van der Waals surface area contributed by atoms with Gasteiger partial charge in [-0.1, -0.05) is 71.7 Å². The average Bonchev–Trinajstić information content (AvgIpc) is 2.82. The minimum Gasteiger partial charge on any atom is -0.467 e. The fourth-order valence-electron chi connectivity index (χ4n) is 3.59. The molecule has 2 N–H and O–H groups in total. The number of halogens is 2. The number of benzene rings is 3. The van der Waals surface area contributed by atoms with Crippen LogP contribution in [0.5, 0.6) is 0 Å². The first kappa shape index (κ1) is 28.0. The number of nitrogens with one attached hydrogen (secondary N) is 2. The van der Waals surface area contributed by atoms with Crippen LogP contribution in [0.4, 0.5) is 10.5 Å². The first-order chi connectivity index (χ1) is 17.5. The van der Waals surface area contributed by atoms with Crippen molar-refractivity contribution in [3.63, 3.8) is 0 Å². The van der Waals surface area contributed by atoms with Gasteiger partial charge in [-0.05, 0) is 50.1 Å². The van der Waals surface area contributed by atoms with Gasteiger partial charge in [0.2, 0.25) is 0 Å². The summed E-state index contributed by atoms with van der Waals surface area (Å²) in [7, 11) is 1.25. The van der Waals surface area contributed by atoms with Crippen LogP contribution in [0.15, 0.2) is 66.7 Å². The van der Waals surface area contributed by atoms with Crippen molar-refractivity contribution >= 4 is 46.9 Å². The fraction of sp³-hybridized carbons (Fsp3) is 0.250. The van der Waals surface area contributed by atoms with Gasteiger partial charge >= 0.3 is 12.1 Å². The first-order valence-corrected chi connectivity index (χ1v) is 12.2. The third kappa shape index (κ3) is 7.71.